The van der Waals surface area contributed by atoms with Crippen molar-refractivity contribution in [3.05, 3.63) is 48.0 Å². The largest absolute Gasteiger partial charge is 0.341 e. The van der Waals surface area contributed by atoms with Gasteiger partial charge < -0.3 is 10.2 Å². The fourth-order valence-corrected chi connectivity index (χ4v) is 3.04. The summed E-state index contributed by atoms with van der Waals surface area (Å²) in [4.78, 5) is 18.6. The Balaban J connectivity index is 0.00000144. The van der Waals surface area contributed by atoms with Crippen molar-refractivity contribution in [2.24, 2.45) is 13.0 Å². The van der Waals surface area contributed by atoms with Gasteiger partial charge in [0.25, 0.3) is 0 Å². The number of pyridine rings is 1. The van der Waals surface area contributed by atoms with E-state index in [-0.39, 0.29) is 42.6 Å². The van der Waals surface area contributed by atoms with Gasteiger partial charge in [-0.1, -0.05) is 0 Å². The van der Waals surface area contributed by atoms with Crippen molar-refractivity contribution in [2.75, 3.05) is 20.1 Å². The van der Waals surface area contributed by atoms with Crippen LogP contribution in [-0.4, -0.2) is 45.7 Å². The molecular weight excluding hydrogens is 349 g/mol. The molecule has 0 saturated carbocycles. The van der Waals surface area contributed by atoms with Crippen LogP contribution in [0.4, 0.5) is 0 Å². The smallest absolute Gasteiger partial charge is 0.227 e. The molecule has 3 rings (SSSR count). The number of nitrogens with one attached hydrogen (secondary N) is 1. The van der Waals surface area contributed by atoms with Gasteiger partial charge in [-0.2, -0.15) is 5.10 Å². The second kappa shape index (κ2) is 9.01. The van der Waals surface area contributed by atoms with Gasteiger partial charge in [0.15, 0.2) is 0 Å². The predicted octanol–water partition coefficient (Wildman–Crippen LogP) is 1.62. The summed E-state index contributed by atoms with van der Waals surface area (Å²) in [5.74, 6) is 0.341. The topological polar surface area (TPSA) is 63.1 Å². The van der Waals surface area contributed by atoms with Crippen molar-refractivity contribution in [1.29, 1.82) is 0 Å². The third-order valence-electron chi connectivity index (χ3n) is 4.23. The van der Waals surface area contributed by atoms with Crippen LogP contribution in [0.5, 0.6) is 0 Å². The number of hydrogen-bond donors (Lipinski definition) is 1. The van der Waals surface area contributed by atoms with Crippen molar-refractivity contribution in [3.63, 3.8) is 0 Å². The zero-order chi connectivity index (χ0) is 15.5. The Labute approximate surface area is 154 Å². The van der Waals surface area contributed by atoms with E-state index >= 15 is 0 Å². The lowest BCUT2D eigenvalue weighted by atomic mass is 9.90. The number of nitrogens with zero attached hydrogens (tertiary/aromatic N) is 4. The van der Waals surface area contributed by atoms with Crippen LogP contribution >= 0.6 is 24.8 Å². The van der Waals surface area contributed by atoms with Gasteiger partial charge in [-0.3, -0.25) is 14.5 Å². The molecule has 2 atom stereocenters. The highest BCUT2D eigenvalue weighted by molar-refractivity contribution is 5.85. The van der Waals surface area contributed by atoms with Crippen LogP contribution in [0.1, 0.15) is 17.0 Å². The van der Waals surface area contributed by atoms with E-state index in [0.717, 1.165) is 24.2 Å². The number of amides is 1. The lowest BCUT2D eigenvalue weighted by Crippen LogP contribution is -2.35. The monoisotopic (exact) mass is 371 g/mol. The molecule has 132 valence electrons. The summed E-state index contributed by atoms with van der Waals surface area (Å²) in [6.45, 7) is 2.15. The number of aryl methyl sites for hydroxylation is 1. The number of hydrogen-bond acceptors (Lipinski definition) is 4. The number of carbonyl (C=O) groups excluding carboxylic acids is 1. The molecule has 1 N–H and O–H groups in total. The van der Waals surface area contributed by atoms with E-state index in [4.69, 9.17) is 0 Å². The molecule has 1 aliphatic heterocycles. The lowest BCUT2D eigenvalue weighted by molar-refractivity contribution is -0.134. The standard InChI is InChI=1S/C16H21N5O.2ClH/c1-20(10-12-3-5-17-6-4-12)16(22)15-9-18-8-14(15)13-7-19-21(2)11-13;;/h3-7,11,14-15,18H,8-10H2,1-2H3;2*1H/t14-,15+;;/m1../s1. The van der Waals surface area contributed by atoms with E-state index < -0.39 is 0 Å². The molecule has 1 fully saturated rings. The van der Waals surface area contributed by atoms with Crippen molar-refractivity contribution in [2.45, 2.75) is 12.5 Å². The molecule has 2 aromatic rings. The van der Waals surface area contributed by atoms with Crippen molar-refractivity contribution in [3.8, 4) is 0 Å². The lowest BCUT2D eigenvalue weighted by Gasteiger charge is -2.24. The summed E-state index contributed by atoms with van der Waals surface area (Å²) in [6, 6.07) is 3.88. The minimum atomic E-state index is -0.0314. The molecule has 2 aromatic heterocycles. The SMILES string of the molecule is CN(Cc1ccncc1)C(=O)[C@H]1CNC[C@@H]1c1cnn(C)c1.Cl.Cl. The first-order chi connectivity index (χ1) is 10.6. The number of rotatable bonds is 4. The van der Waals surface area contributed by atoms with Gasteiger partial charge in [-0.15, -0.1) is 24.8 Å². The van der Waals surface area contributed by atoms with Crippen molar-refractivity contribution >= 4 is 30.7 Å². The zero-order valence-electron chi connectivity index (χ0n) is 13.8. The van der Waals surface area contributed by atoms with Crippen LogP contribution in [0.3, 0.4) is 0 Å². The van der Waals surface area contributed by atoms with E-state index in [1.165, 1.54) is 0 Å². The van der Waals surface area contributed by atoms with Gasteiger partial charge in [0.05, 0.1) is 12.1 Å². The van der Waals surface area contributed by atoms with E-state index in [9.17, 15) is 4.79 Å². The van der Waals surface area contributed by atoms with Gasteiger partial charge in [0, 0.05) is 58.2 Å². The van der Waals surface area contributed by atoms with E-state index in [0.29, 0.717) is 6.54 Å². The molecule has 0 spiro atoms. The third-order valence-corrected chi connectivity index (χ3v) is 4.23. The maximum Gasteiger partial charge on any atom is 0.227 e. The molecule has 24 heavy (non-hydrogen) atoms. The predicted molar refractivity (Wildman–Crippen MR) is 97.5 cm³/mol. The highest BCUT2D eigenvalue weighted by Gasteiger charge is 2.36. The van der Waals surface area contributed by atoms with E-state index in [2.05, 4.69) is 15.4 Å². The molecule has 3 heterocycles. The van der Waals surface area contributed by atoms with Crippen LogP contribution in [0.15, 0.2) is 36.9 Å². The Morgan fingerprint density at radius 1 is 1.33 bits per heavy atom. The summed E-state index contributed by atoms with van der Waals surface area (Å²) < 4.78 is 1.79. The van der Waals surface area contributed by atoms with E-state index in [1.54, 1.807) is 22.0 Å². The first kappa shape index (κ1) is 20.4. The molecule has 8 heteroatoms. The summed E-state index contributed by atoms with van der Waals surface area (Å²) in [5.41, 5.74) is 2.22. The third kappa shape index (κ3) is 4.47. The number of carbonyl (C=O) groups is 1. The number of halogens is 2. The van der Waals surface area contributed by atoms with Crippen LogP contribution in [0, 0.1) is 5.92 Å². The molecule has 6 nitrogen and oxygen atoms in total. The summed E-state index contributed by atoms with van der Waals surface area (Å²) in [5, 5.41) is 7.56. The Morgan fingerprint density at radius 2 is 2.04 bits per heavy atom. The van der Waals surface area contributed by atoms with Gasteiger partial charge in [0.1, 0.15) is 0 Å². The molecule has 0 aliphatic carbocycles. The maximum absolute atomic E-state index is 12.8. The number of aromatic nitrogens is 3. The Morgan fingerprint density at radius 3 is 2.67 bits per heavy atom. The summed E-state index contributed by atoms with van der Waals surface area (Å²) in [6.07, 6.45) is 7.37. The van der Waals surface area contributed by atoms with Crippen molar-refractivity contribution < 1.29 is 4.79 Å². The molecule has 1 aliphatic rings. The van der Waals surface area contributed by atoms with Crippen molar-refractivity contribution in [1.82, 2.24) is 25.0 Å². The molecular formula is C16H23Cl2N5O. The Bertz CT molecular complexity index is 649. The van der Waals surface area contributed by atoms with Gasteiger partial charge >= 0.3 is 0 Å². The molecule has 0 radical (unpaired) electrons. The highest BCUT2D eigenvalue weighted by Crippen LogP contribution is 2.29. The fraction of sp³-hybridized carbons (Fsp3) is 0.438. The van der Waals surface area contributed by atoms with Gasteiger partial charge in [0.2, 0.25) is 5.91 Å². The molecule has 0 unspecified atom stereocenters. The maximum atomic E-state index is 12.8. The fourth-order valence-electron chi connectivity index (χ4n) is 3.04. The van der Waals surface area contributed by atoms with Crippen LogP contribution in [0.2, 0.25) is 0 Å². The average Bonchev–Trinajstić information content (AvgIpc) is 3.15. The van der Waals surface area contributed by atoms with Gasteiger partial charge in [-0.25, -0.2) is 0 Å². The quantitative estimate of drug-likeness (QED) is 0.886. The Kier molecular flexibility index (Phi) is 7.66. The first-order valence-corrected chi connectivity index (χ1v) is 7.48. The minimum absolute atomic E-state index is 0. The van der Waals surface area contributed by atoms with Crippen LogP contribution < -0.4 is 5.32 Å². The summed E-state index contributed by atoms with van der Waals surface area (Å²) >= 11 is 0. The first-order valence-electron chi connectivity index (χ1n) is 7.48. The van der Waals surface area contributed by atoms with Gasteiger partial charge in [-0.05, 0) is 23.3 Å². The molecule has 1 saturated heterocycles. The normalized spacial score (nSPS) is 19.2. The molecule has 0 aromatic carbocycles. The molecule has 0 bridgehead atoms. The highest BCUT2D eigenvalue weighted by atomic mass is 35.5. The zero-order valence-corrected chi connectivity index (χ0v) is 15.4. The summed E-state index contributed by atoms with van der Waals surface area (Å²) in [7, 11) is 3.76. The van der Waals surface area contributed by atoms with Crippen LogP contribution in [0.25, 0.3) is 0 Å². The molecule has 1 amide bonds. The second-order valence-corrected chi connectivity index (χ2v) is 5.87. The average molecular weight is 372 g/mol. The second-order valence-electron chi connectivity index (χ2n) is 5.87. The Hall–Kier alpha value is -1.63. The minimum Gasteiger partial charge on any atom is -0.341 e. The van der Waals surface area contributed by atoms with Crippen LogP contribution in [-0.2, 0) is 18.4 Å². The van der Waals surface area contributed by atoms with E-state index in [1.807, 2.05) is 38.6 Å².